The molecule has 6 nitrogen and oxygen atoms in total. The van der Waals surface area contributed by atoms with Crippen LogP contribution in [0, 0.1) is 20.8 Å². The van der Waals surface area contributed by atoms with Crippen LogP contribution in [-0.2, 0) is 14.4 Å². The van der Waals surface area contributed by atoms with Crippen LogP contribution in [-0.4, -0.2) is 53.7 Å². The molecule has 0 aromatic heterocycles. The van der Waals surface area contributed by atoms with E-state index in [9.17, 15) is 14.4 Å². The van der Waals surface area contributed by atoms with Crippen molar-refractivity contribution in [1.82, 2.24) is 9.80 Å². The summed E-state index contributed by atoms with van der Waals surface area (Å²) in [5.74, 6) is -1.43. The van der Waals surface area contributed by atoms with Gasteiger partial charge in [-0.3, -0.25) is 14.4 Å². The molecule has 1 N–H and O–H groups in total. The number of carbonyl (C=O) groups is 3. The van der Waals surface area contributed by atoms with E-state index >= 15 is 0 Å². The van der Waals surface area contributed by atoms with Crippen molar-refractivity contribution in [1.29, 1.82) is 0 Å². The Hall–Kier alpha value is -2.37. The Kier molecular flexibility index (Phi) is 5.03. The van der Waals surface area contributed by atoms with E-state index in [2.05, 4.69) is 5.32 Å². The van der Waals surface area contributed by atoms with Gasteiger partial charge in [0.05, 0.1) is 0 Å². The number of rotatable bonds is 4. The number of hydrogen-bond acceptors (Lipinski definition) is 3. The smallest absolute Gasteiger partial charge is 0.312 e. The van der Waals surface area contributed by atoms with Crippen LogP contribution in [0.15, 0.2) is 12.1 Å². The number of piperazine rings is 1. The lowest BCUT2D eigenvalue weighted by Crippen LogP contribution is -2.55. The van der Waals surface area contributed by atoms with Crippen molar-refractivity contribution in [2.75, 3.05) is 31.5 Å². The lowest BCUT2D eigenvalue weighted by molar-refractivity contribution is -0.156. The monoisotopic (exact) mass is 317 g/mol. The van der Waals surface area contributed by atoms with Crippen LogP contribution in [0.5, 0.6) is 0 Å². The standard InChI is InChI=1S/C17H23N3O3/c1-5-19-6-7-20(17(23)16(19)22)10-14(21)18-15-12(3)8-11(2)9-13(15)4/h8-9H,5-7,10H2,1-4H3,(H,18,21). The van der Waals surface area contributed by atoms with Crippen LogP contribution >= 0.6 is 0 Å². The first kappa shape index (κ1) is 17.0. The zero-order valence-electron chi connectivity index (χ0n) is 14.1. The van der Waals surface area contributed by atoms with E-state index in [4.69, 9.17) is 0 Å². The van der Waals surface area contributed by atoms with Crippen LogP contribution in [0.25, 0.3) is 0 Å². The van der Waals surface area contributed by atoms with Crippen molar-refractivity contribution in [3.05, 3.63) is 28.8 Å². The first-order valence-corrected chi connectivity index (χ1v) is 7.79. The molecular weight excluding hydrogens is 294 g/mol. The molecule has 23 heavy (non-hydrogen) atoms. The molecule has 1 aliphatic heterocycles. The highest BCUT2D eigenvalue weighted by atomic mass is 16.2. The Morgan fingerprint density at radius 1 is 1.04 bits per heavy atom. The highest BCUT2D eigenvalue weighted by Crippen LogP contribution is 2.21. The summed E-state index contributed by atoms with van der Waals surface area (Å²) in [6.07, 6.45) is 0. The van der Waals surface area contributed by atoms with E-state index in [0.717, 1.165) is 22.4 Å². The van der Waals surface area contributed by atoms with Gasteiger partial charge in [0.15, 0.2) is 0 Å². The van der Waals surface area contributed by atoms with E-state index in [-0.39, 0.29) is 12.5 Å². The fraction of sp³-hybridized carbons (Fsp3) is 0.471. The highest BCUT2D eigenvalue weighted by molar-refractivity contribution is 6.35. The molecule has 1 aromatic carbocycles. The minimum Gasteiger partial charge on any atom is -0.333 e. The molecule has 3 amide bonds. The van der Waals surface area contributed by atoms with Gasteiger partial charge in [-0.05, 0) is 38.8 Å². The topological polar surface area (TPSA) is 69.7 Å². The second-order valence-corrected chi connectivity index (χ2v) is 5.93. The zero-order valence-corrected chi connectivity index (χ0v) is 14.1. The number of carbonyl (C=O) groups excluding carboxylic acids is 3. The minimum absolute atomic E-state index is 0.102. The molecule has 0 spiro atoms. The lowest BCUT2D eigenvalue weighted by Gasteiger charge is -2.32. The molecule has 1 fully saturated rings. The second-order valence-electron chi connectivity index (χ2n) is 5.93. The van der Waals surface area contributed by atoms with E-state index in [0.29, 0.717) is 19.6 Å². The largest absolute Gasteiger partial charge is 0.333 e. The van der Waals surface area contributed by atoms with Gasteiger partial charge in [-0.25, -0.2) is 0 Å². The van der Waals surface area contributed by atoms with Crippen LogP contribution in [0.4, 0.5) is 5.69 Å². The number of hydrogen-bond donors (Lipinski definition) is 1. The number of aryl methyl sites for hydroxylation is 3. The molecule has 0 unspecified atom stereocenters. The lowest BCUT2D eigenvalue weighted by atomic mass is 10.1. The SMILES string of the molecule is CCN1CCN(CC(=O)Nc2c(C)cc(C)cc2C)C(=O)C1=O. The molecule has 6 heteroatoms. The van der Waals surface area contributed by atoms with E-state index in [1.165, 1.54) is 9.80 Å². The normalized spacial score (nSPS) is 15.1. The van der Waals surface area contributed by atoms with Crippen molar-refractivity contribution in [2.24, 2.45) is 0 Å². The van der Waals surface area contributed by atoms with Crippen LogP contribution < -0.4 is 5.32 Å². The van der Waals surface area contributed by atoms with Gasteiger partial charge in [0.2, 0.25) is 5.91 Å². The fourth-order valence-corrected chi connectivity index (χ4v) is 2.90. The molecule has 0 bridgehead atoms. The summed E-state index contributed by atoms with van der Waals surface area (Å²) in [6.45, 7) is 8.96. The predicted molar refractivity (Wildman–Crippen MR) is 88.1 cm³/mol. The quantitative estimate of drug-likeness (QED) is 0.850. The van der Waals surface area contributed by atoms with Gasteiger partial charge in [-0.15, -0.1) is 0 Å². The average Bonchev–Trinajstić information content (AvgIpc) is 2.48. The molecule has 1 aliphatic rings. The van der Waals surface area contributed by atoms with E-state index < -0.39 is 11.8 Å². The summed E-state index contributed by atoms with van der Waals surface area (Å²) in [5, 5.41) is 2.86. The summed E-state index contributed by atoms with van der Waals surface area (Å²) < 4.78 is 0. The molecule has 0 aliphatic carbocycles. The van der Waals surface area contributed by atoms with Gasteiger partial charge in [0.1, 0.15) is 6.54 Å². The Labute approximate surface area is 136 Å². The van der Waals surface area contributed by atoms with Crippen molar-refractivity contribution in [2.45, 2.75) is 27.7 Å². The maximum absolute atomic E-state index is 12.2. The number of likely N-dealkylation sites (N-methyl/N-ethyl adjacent to an activating group) is 1. The second kappa shape index (κ2) is 6.81. The van der Waals surface area contributed by atoms with Crippen molar-refractivity contribution >= 4 is 23.4 Å². The molecule has 0 atom stereocenters. The first-order valence-electron chi connectivity index (χ1n) is 7.79. The highest BCUT2D eigenvalue weighted by Gasteiger charge is 2.32. The predicted octanol–water partition coefficient (Wildman–Crippen LogP) is 1.24. The number of benzene rings is 1. The molecule has 1 saturated heterocycles. The Morgan fingerprint density at radius 2 is 1.57 bits per heavy atom. The van der Waals surface area contributed by atoms with Gasteiger partial charge >= 0.3 is 11.8 Å². The summed E-state index contributed by atoms with van der Waals surface area (Å²) in [5.41, 5.74) is 3.86. The van der Waals surface area contributed by atoms with Gasteiger partial charge in [-0.1, -0.05) is 17.7 Å². The average molecular weight is 317 g/mol. The minimum atomic E-state index is -0.606. The van der Waals surface area contributed by atoms with Crippen molar-refractivity contribution in [3.63, 3.8) is 0 Å². The summed E-state index contributed by atoms with van der Waals surface area (Å²) >= 11 is 0. The van der Waals surface area contributed by atoms with Crippen LogP contribution in [0.3, 0.4) is 0 Å². The van der Waals surface area contributed by atoms with Gasteiger partial charge < -0.3 is 15.1 Å². The van der Waals surface area contributed by atoms with Gasteiger partial charge in [0.25, 0.3) is 0 Å². The van der Waals surface area contributed by atoms with E-state index in [1.54, 1.807) is 0 Å². The van der Waals surface area contributed by atoms with Crippen LogP contribution in [0.2, 0.25) is 0 Å². The summed E-state index contributed by atoms with van der Waals surface area (Å²) in [4.78, 5) is 38.9. The molecule has 1 aromatic rings. The third-order valence-corrected chi connectivity index (χ3v) is 4.05. The number of amides is 3. The number of nitrogens with one attached hydrogen (secondary N) is 1. The van der Waals surface area contributed by atoms with Gasteiger partial charge in [0, 0.05) is 25.3 Å². The fourth-order valence-electron chi connectivity index (χ4n) is 2.90. The third-order valence-electron chi connectivity index (χ3n) is 4.05. The first-order chi connectivity index (χ1) is 10.8. The Bertz CT molecular complexity index is 631. The molecule has 124 valence electrons. The van der Waals surface area contributed by atoms with Gasteiger partial charge in [-0.2, -0.15) is 0 Å². The third kappa shape index (κ3) is 3.70. The summed E-state index contributed by atoms with van der Waals surface area (Å²) in [6, 6.07) is 3.99. The maximum atomic E-state index is 12.2. The molecule has 0 saturated carbocycles. The molecule has 0 radical (unpaired) electrons. The summed E-state index contributed by atoms with van der Waals surface area (Å²) in [7, 11) is 0. The Morgan fingerprint density at radius 3 is 2.13 bits per heavy atom. The van der Waals surface area contributed by atoms with Crippen molar-refractivity contribution in [3.8, 4) is 0 Å². The van der Waals surface area contributed by atoms with Crippen molar-refractivity contribution < 1.29 is 14.4 Å². The molecule has 2 rings (SSSR count). The number of anilines is 1. The van der Waals surface area contributed by atoms with Crippen LogP contribution in [0.1, 0.15) is 23.6 Å². The molecular formula is C17H23N3O3. The number of nitrogens with zero attached hydrogens (tertiary/aromatic N) is 2. The maximum Gasteiger partial charge on any atom is 0.312 e. The zero-order chi connectivity index (χ0) is 17.1. The Balaban J connectivity index is 2.03. The molecule has 1 heterocycles. The van der Waals surface area contributed by atoms with E-state index in [1.807, 2.05) is 39.8 Å².